The molecule has 1 aromatic heterocycles. The number of nitrogens with two attached hydrogens (primary N) is 1. The molecule has 22 N–H and O–H groups in total. The summed E-state index contributed by atoms with van der Waals surface area (Å²) < 4.78 is 59.7. The van der Waals surface area contributed by atoms with Gasteiger partial charge in [-0.3, -0.25) is 63.4 Å². The van der Waals surface area contributed by atoms with Crippen LogP contribution in [-0.4, -0.2) is 227 Å². The number of carbonyl (C=O) groups excluding carboxylic acids is 10. The fraction of sp³-hybridized carbons (Fsp3) is 0.405. The van der Waals surface area contributed by atoms with E-state index in [-0.39, 0.29) is 73.3 Å². The van der Waals surface area contributed by atoms with Crippen molar-refractivity contribution in [2.45, 2.75) is 176 Å². The molecule has 690 valence electrons. The highest BCUT2D eigenvalue weighted by molar-refractivity contribution is 6.32. The van der Waals surface area contributed by atoms with E-state index in [1.165, 1.54) is 56.1 Å². The Morgan fingerprint density at radius 2 is 1.37 bits per heavy atom. The molecule has 129 heavy (non-hydrogen) atoms. The molecular formula is C84H94Cl3FN14O27. The van der Waals surface area contributed by atoms with Crippen LogP contribution in [0.25, 0.3) is 11.1 Å². The minimum atomic E-state index is -2.42. The lowest BCUT2D eigenvalue weighted by molar-refractivity contribution is -0.334. The highest BCUT2D eigenvalue weighted by Gasteiger charge is 2.52. The molecule has 0 radical (unpaired) electrons. The van der Waals surface area contributed by atoms with Gasteiger partial charge in [0, 0.05) is 55.5 Å². The molecule has 14 rings (SSSR count). The van der Waals surface area contributed by atoms with Crippen molar-refractivity contribution in [3.05, 3.63) is 174 Å². The van der Waals surface area contributed by atoms with Crippen LogP contribution in [0.4, 0.5) is 10.2 Å². The number of rotatable bonds is 23. The first-order valence-corrected chi connectivity index (χ1v) is 41.4. The van der Waals surface area contributed by atoms with Crippen LogP contribution in [0.2, 0.25) is 15.1 Å². The molecule has 6 aromatic carbocycles. The van der Waals surface area contributed by atoms with Crippen LogP contribution in [0, 0.1) is 11.7 Å². The summed E-state index contributed by atoms with van der Waals surface area (Å²) in [5.41, 5.74) is 5.14. The zero-order valence-corrected chi connectivity index (χ0v) is 71.8. The second-order valence-electron chi connectivity index (χ2n) is 31.8. The lowest BCUT2D eigenvalue weighted by Crippen LogP contribution is -2.65. The van der Waals surface area contributed by atoms with Crippen LogP contribution in [-0.2, 0) is 79.9 Å². The second kappa shape index (κ2) is 41.2. The number of halogens is 4. The Labute approximate surface area is 748 Å². The molecule has 7 aliphatic heterocycles. The second-order valence-corrected chi connectivity index (χ2v) is 33.0. The maximum Gasteiger partial charge on any atom is 0.349 e. The van der Waals surface area contributed by atoms with Gasteiger partial charge in [-0.15, -0.1) is 0 Å². The Morgan fingerprint density at radius 3 is 2.01 bits per heavy atom. The smallest absolute Gasteiger partial charge is 0.349 e. The van der Waals surface area contributed by atoms with E-state index in [9.17, 15) is 79.1 Å². The molecule has 2 saturated heterocycles. The van der Waals surface area contributed by atoms with Gasteiger partial charge in [-0.2, -0.15) is 4.98 Å². The highest BCUT2D eigenvalue weighted by Crippen LogP contribution is 2.50. The number of primary amides is 1. The topological polar surface area (TPSA) is 611 Å². The molecule has 10 amide bonds. The first-order chi connectivity index (χ1) is 61.2. The molecular weight excluding hydrogens is 1760 g/mol. The Balaban J connectivity index is 0.998. The van der Waals surface area contributed by atoms with Crippen molar-refractivity contribution in [2.75, 3.05) is 39.2 Å². The van der Waals surface area contributed by atoms with E-state index in [2.05, 4.69) is 63.7 Å². The minimum absolute atomic E-state index is 0.0717. The fourth-order valence-electron chi connectivity index (χ4n) is 15.3. The van der Waals surface area contributed by atoms with E-state index in [4.69, 9.17) is 73.7 Å². The number of hydrogen-bond acceptors (Lipinski definition) is 30. The number of ether oxygens (including phenoxy) is 7. The van der Waals surface area contributed by atoms with Gasteiger partial charge in [-0.1, -0.05) is 72.9 Å². The van der Waals surface area contributed by atoms with Crippen LogP contribution >= 0.6 is 34.8 Å². The molecule has 45 heteroatoms. The normalized spacial score (nSPS) is 25.4. The number of methoxy groups -OCH3 is 1. The SMILES string of the molecule is CN[C@H](CC(C)C)C(=O)N[C@H]1C(=O)N[C@@H](CC(N)=O)C(=O)N[C@H]2C(=O)N[C@H]3C(=O)N[C@H](C(=O)N[C@@H](C(=O)NNC(=O)CCOC)c4cc(O)cc(O)c4-c4cc3ccc4O)[C@H](O)c3ccc(c(Cl)c3)Oc3cc2cc(c3O[C@@H]2O[C@H](CO)[C@@H](O)[C@H](O)[C@H]2O[C@H]2C[C@](C)(NCCn3ccc(NC(=O)Cc4ccc(Cl)c(F)c4)nc3=O)[C@H](O)[C@H](C)O2)Oc2ccc(cc2Cl)[C@H]1O. The summed E-state index contributed by atoms with van der Waals surface area (Å²) in [4.78, 5) is 164. The molecule has 0 unspecified atom stereocenters. The predicted octanol–water partition coefficient (Wildman–Crippen LogP) is 1.07. The highest BCUT2D eigenvalue weighted by atomic mass is 35.5. The summed E-state index contributed by atoms with van der Waals surface area (Å²) in [5, 5.41) is 129. The van der Waals surface area contributed by atoms with E-state index in [1.807, 2.05) is 0 Å². The molecule has 18 atom stereocenters. The number of aliphatic hydroxyl groups excluding tert-OH is 6. The molecule has 11 bridgehead atoms. The van der Waals surface area contributed by atoms with Gasteiger partial charge in [0.2, 0.25) is 65.2 Å². The average molecular weight is 1860 g/mol. The Bertz CT molecular complexity index is 5530. The first-order valence-electron chi connectivity index (χ1n) is 40.3. The van der Waals surface area contributed by atoms with Crippen molar-refractivity contribution in [3.8, 4) is 57.1 Å². The van der Waals surface area contributed by atoms with Crippen molar-refractivity contribution >= 4 is 99.7 Å². The summed E-state index contributed by atoms with van der Waals surface area (Å²) in [5.74, 6) is -18.4. The minimum Gasteiger partial charge on any atom is -0.508 e. The molecule has 7 aliphatic rings. The molecule has 2 fully saturated rings. The maximum absolute atomic E-state index is 16.4. The van der Waals surface area contributed by atoms with Gasteiger partial charge in [-0.25, -0.2) is 9.18 Å². The zero-order valence-electron chi connectivity index (χ0n) is 69.5. The summed E-state index contributed by atoms with van der Waals surface area (Å²) in [7, 11) is 2.75. The number of fused-ring (bicyclic) bond motifs is 15. The summed E-state index contributed by atoms with van der Waals surface area (Å²) in [6.45, 7) is 5.31. The number of aliphatic hydroxyl groups is 6. The number of benzene rings is 6. The standard InChI is InChI=1S/C84H94Cl3FN14O27/c1-34(2)21-48(90-5)75(115)98-66-68(110)38-9-13-52(45(86)25-38)125-54-27-40-28-55(72(54)129-82-73(71(113)70(112)56(33-103)127-82)128-61-32-84(4,74(114)35(3)124-61)91-17-19-102-18-15-58(94-83(102)122)93-60(109)23-36-7-11-44(85)47(88)22-36)126-53-14-10-39(26-46(53)87)69(111)67-80(120)97-65(81(121)101-100-59(108)16-20-123-6)43-29-41(104)30-51(106)62(43)42-24-37(8-12-50(42)105)63(77(117)99-67)96-78(118)64(40)95-76(116)49(31-57(89)107)92-79(66)119/h7-15,18,22,24-30,34-35,48-49,56,61,63-71,73-74,82,90-91,103-106,110-114H,16-17,19-21,23,31-33H2,1-6H3,(H2,89,107)(H,92,119)(H,95,116)(H,96,118)(H,97,120)(H,98,115)(H,99,117)(H,100,108)(H,101,121)(H,93,94,109,122)/t35-,48+,49-,56+,61-,63+,64+,65+,66+,67-,68+,69+,70+,71-,73+,74+,82-,84-/m0/s1. The van der Waals surface area contributed by atoms with E-state index >= 15 is 24.0 Å². The van der Waals surface area contributed by atoms with E-state index in [1.54, 1.807) is 20.8 Å². The van der Waals surface area contributed by atoms with Gasteiger partial charge in [-0.05, 0) is 139 Å². The molecule has 7 aromatic rings. The Kier molecular flexibility index (Phi) is 30.7. The van der Waals surface area contributed by atoms with Crippen LogP contribution in [0.15, 0.2) is 114 Å². The number of phenols is 3. The number of likely N-dealkylation sites (N-methyl/N-ethyl adjacent to an activating group) is 1. The Morgan fingerprint density at radius 1 is 0.713 bits per heavy atom. The van der Waals surface area contributed by atoms with Gasteiger partial charge in [0.05, 0.1) is 65.8 Å². The van der Waals surface area contributed by atoms with Crippen molar-refractivity contribution in [1.82, 2.24) is 62.9 Å². The van der Waals surface area contributed by atoms with Gasteiger partial charge in [0.25, 0.3) is 5.91 Å². The third-order valence-corrected chi connectivity index (χ3v) is 22.9. The van der Waals surface area contributed by atoms with E-state index < -0.39 is 277 Å². The number of phenolic OH excluding ortho intramolecular Hbond substituents is 3. The van der Waals surface area contributed by atoms with Crippen molar-refractivity contribution in [1.29, 1.82) is 0 Å². The number of aromatic nitrogens is 2. The molecule has 0 aliphatic carbocycles. The summed E-state index contributed by atoms with van der Waals surface area (Å²) in [6.07, 6.45) is -19.1. The number of nitrogens with one attached hydrogen (secondary N) is 11. The van der Waals surface area contributed by atoms with Crippen molar-refractivity contribution in [2.24, 2.45) is 11.7 Å². The van der Waals surface area contributed by atoms with Crippen LogP contribution in [0.5, 0.6) is 46.0 Å². The number of carbonyl (C=O) groups is 10. The number of nitrogens with zero attached hydrogens (tertiary/aromatic N) is 2. The molecule has 0 saturated carbocycles. The van der Waals surface area contributed by atoms with E-state index in [0.717, 1.165) is 78.9 Å². The lowest BCUT2D eigenvalue weighted by atomic mass is 9.85. The van der Waals surface area contributed by atoms with Crippen molar-refractivity contribution < 1.29 is 131 Å². The molecule has 8 heterocycles. The van der Waals surface area contributed by atoms with Crippen LogP contribution < -0.4 is 84.3 Å². The Hall–Kier alpha value is -12.0. The van der Waals surface area contributed by atoms with Crippen LogP contribution in [0.3, 0.4) is 0 Å². The predicted molar refractivity (Wildman–Crippen MR) is 450 cm³/mol. The number of hydrogen-bond donors (Lipinski definition) is 21. The first kappa shape index (κ1) is 96.1. The van der Waals surface area contributed by atoms with Crippen molar-refractivity contribution in [3.63, 3.8) is 0 Å². The zero-order chi connectivity index (χ0) is 93.5. The van der Waals surface area contributed by atoms with Gasteiger partial charge >= 0.3 is 5.69 Å². The van der Waals surface area contributed by atoms with Gasteiger partial charge in [0.1, 0.15) is 107 Å². The fourth-order valence-corrected chi connectivity index (χ4v) is 15.8. The third kappa shape index (κ3) is 22.3. The maximum atomic E-state index is 16.4. The largest absolute Gasteiger partial charge is 0.508 e. The average Bonchev–Trinajstić information content (AvgIpc) is 0.764. The van der Waals surface area contributed by atoms with Crippen LogP contribution in [0.1, 0.15) is 117 Å². The van der Waals surface area contributed by atoms with Gasteiger partial charge in [0.15, 0.2) is 23.9 Å². The number of aromatic hydroxyl groups is 3. The number of hydrazine groups is 1. The summed E-state index contributed by atoms with van der Waals surface area (Å²) >= 11 is 20.2. The summed E-state index contributed by atoms with van der Waals surface area (Å²) in [6, 6.07) is 4.03. The lowest BCUT2D eigenvalue weighted by Gasteiger charge is -2.48. The monoisotopic (exact) mass is 1850 g/mol. The quantitative estimate of drug-likeness (QED) is 0.0398. The van der Waals surface area contributed by atoms with E-state index in [0.29, 0.717) is 5.56 Å². The molecule has 41 nitrogen and oxygen atoms in total. The number of anilines is 1. The number of amides is 10. The third-order valence-electron chi connectivity index (χ3n) is 22.0. The molecule has 0 spiro atoms. The van der Waals surface area contributed by atoms with Gasteiger partial charge < -0.3 is 133 Å².